The maximum atomic E-state index is 12.9. The number of hydrogen-bond donors (Lipinski definition) is 2. The first-order chi connectivity index (χ1) is 13.9. The molecular weight excluding hydrogens is 384 g/mol. The van der Waals surface area contributed by atoms with Crippen LogP contribution in [0.3, 0.4) is 0 Å². The van der Waals surface area contributed by atoms with E-state index in [2.05, 4.69) is 20.7 Å². The molecule has 3 rings (SSSR count). The molecule has 1 fully saturated rings. The number of benzene rings is 1. The number of ether oxygens (including phenoxy) is 1. The van der Waals surface area contributed by atoms with E-state index in [1.165, 1.54) is 18.2 Å². The van der Waals surface area contributed by atoms with Crippen molar-refractivity contribution in [2.45, 2.75) is 18.9 Å². The van der Waals surface area contributed by atoms with Crippen LogP contribution in [0.5, 0.6) is 0 Å². The third-order valence-electron chi connectivity index (χ3n) is 4.37. The summed E-state index contributed by atoms with van der Waals surface area (Å²) in [6.45, 7) is -0.229. The van der Waals surface area contributed by atoms with E-state index < -0.39 is 35.6 Å². The largest absolute Gasteiger partial charge is 0.371 e. The van der Waals surface area contributed by atoms with Crippen molar-refractivity contribution in [3.05, 3.63) is 39.8 Å². The molecule has 1 unspecified atom stereocenters. The Labute approximate surface area is 163 Å². The molecule has 1 aromatic rings. The number of amides is 5. The Hall–Kier alpha value is -3.76. The molecule has 5 amide bonds. The van der Waals surface area contributed by atoms with Crippen molar-refractivity contribution in [3.63, 3.8) is 0 Å². The van der Waals surface area contributed by atoms with Gasteiger partial charge in [0.05, 0.1) is 23.4 Å². The van der Waals surface area contributed by atoms with Gasteiger partial charge in [-0.15, -0.1) is 0 Å². The summed E-state index contributed by atoms with van der Waals surface area (Å²) in [4.78, 5) is 64.4. The molecule has 12 heteroatoms. The number of nitrogens with zero attached hydrogens (tertiary/aromatic N) is 4. The highest BCUT2D eigenvalue weighted by Crippen LogP contribution is 2.32. The summed E-state index contributed by atoms with van der Waals surface area (Å²) < 4.78 is 5.05. The van der Waals surface area contributed by atoms with Crippen molar-refractivity contribution in [1.82, 2.24) is 10.2 Å². The molecule has 2 N–H and O–H groups in total. The van der Waals surface area contributed by atoms with Crippen molar-refractivity contribution in [2.75, 3.05) is 25.1 Å². The molecule has 1 saturated heterocycles. The summed E-state index contributed by atoms with van der Waals surface area (Å²) in [6, 6.07) is 3.28. The SMILES string of the molecule is [N-]=[N+]=NCCOCC(=O)Nc1cccc2c1C(=O)N(C1CCC(=O)NC1=O)C2=O. The summed E-state index contributed by atoms with van der Waals surface area (Å²) in [6.07, 6.45) is 0.0530. The molecule has 12 nitrogen and oxygen atoms in total. The summed E-state index contributed by atoms with van der Waals surface area (Å²) >= 11 is 0. The number of rotatable bonds is 7. The van der Waals surface area contributed by atoms with Crippen molar-refractivity contribution < 1.29 is 28.7 Å². The molecule has 0 aliphatic carbocycles. The molecule has 0 spiro atoms. The Balaban J connectivity index is 1.74. The topological polar surface area (TPSA) is 171 Å². The molecule has 2 heterocycles. The van der Waals surface area contributed by atoms with Crippen molar-refractivity contribution in [1.29, 1.82) is 0 Å². The molecule has 29 heavy (non-hydrogen) atoms. The van der Waals surface area contributed by atoms with E-state index in [0.717, 1.165) is 4.90 Å². The van der Waals surface area contributed by atoms with Crippen LogP contribution < -0.4 is 10.6 Å². The molecule has 1 aromatic carbocycles. The monoisotopic (exact) mass is 400 g/mol. The van der Waals surface area contributed by atoms with Crippen LogP contribution >= 0.6 is 0 Å². The molecule has 2 aliphatic heterocycles. The quantitative estimate of drug-likeness (QED) is 0.220. The Bertz CT molecular complexity index is 954. The minimum Gasteiger partial charge on any atom is -0.371 e. The van der Waals surface area contributed by atoms with Crippen LogP contribution in [0.25, 0.3) is 10.4 Å². The lowest BCUT2D eigenvalue weighted by molar-refractivity contribution is -0.136. The maximum absolute atomic E-state index is 12.9. The van der Waals surface area contributed by atoms with Gasteiger partial charge in [-0.2, -0.15) is 0 Å². The highest BCUT2D eigenvalue weighted by atomic mass is 16.5. The Morgan fingerprint density at radius 2 is 2.10 bits per heavy atom. The number of carbonyl (C=O) groups is 5. The van der Waals surface area contributed by atoms with E-state index in [1.807, 2.05) is 0 Å². The zero-order valence-electron chi connectivity index (χ0n) is 15.1. The molecule has 0 saturated carbocycles. The van der Waals surface area contributed by atoms with Crippen LogP contribution in [0, 0.1) is 0 Å². The van der Waals surface area contributed by atoms with Gasteiger partial charge in [-0.1, -0.05) is 11.2 Å². The maximum Gasteiger partial charge on any atom is 0.264 e. The number of imide groups is 2. The number of piperidine rings is 1. The molecular formula is C17H16N6O6. The van der Waals surface area contributed by atoms with Crippen LogP contribution in [0.2, 0.25) is 0 Å². The molecule has 0 radical (unpaired) electrons. The summed E-state index contributed by atoms with van der Waals surface area (Å²) in [5, 5.41) is 7.89. The highest BCUT2D eigenvalue weighted by molar-refractivity contribution is 6.26. The van der Waals surface area contributed by atoms with Crippen LogP contribution in [-0.4, -0.2) is 60.2 Å². The zero-order valence-corrected chi connectivity index (χ0v) is 15.1. The normalized spacial score (nSPS) is 18.2. The van der Waals surface area contributed by atoms with Crippen LogP contribution in [0.4, 0.5) is 5.69 Å². The minimum absolute atomic E-state index is 0.0145. The average molecular weight is 400 g/mol. The molecule has 1 atom stereocenters. The second kappa shape index (κ2) is 8.50. The number of carbonyl (C=O) groups excluding carboxylic acids is 5. The van der Waals surface area contributed by atoms with E-state index in [1.54, 1.807) is 0 Å². The van der Waals surface area contributed by atoms with Gasteiger partial charge in [0, 0.05) is 17.9 Å². The summed E-state index contributed by atoms with van der Waals surface area (Å²) in [5.41, 5.74) is 8.31. The molecule has 0 aromatic heterocycles. The van der Waals surface area contributed by atoms with E-state index >= 15 is 0 Å². The lowest BCUT2D eigenvalue weighted by Gasteiger charge is -2.27. The smallest absolute Gasteiger partial charge is 0.264 e. The minimum atomic E-state index is -1.09. The Morgan fingerprint density at radius 3 is 2.83 bits per heavy atom. The van der Waals surface area contributed by atoms with Gasteiger partial charge in [0.15, 0.2) is 0 Å². The number of azide groups is 1. The average Bonchev–Trinajstić information content (AvgIpc) is 2.93. The van der Waals surface area contributed by atoms with Crippen molar-refractivity contribution in [2.24, 2.45) is 5.11 Å². The van der Waals surface area contributed by atoms with Gasteiger partial charge in [-0.05, 0) is 24.1 Å². The van der Waals surface area contributed by atoms with Gasteiger partial charge in [-0.3, -0.25) is 34.2 Å². The van der Waals surface area contributed by atoms with Gasteiger partial charge < -0.3 is 10.1 Å². The van der Waals surface area contributed by atoms with Crippen molar-refractivity contribution in [3.8, 4) is 0 Å². The van der Waals surface area contributed by atoms with Gasteiger partial charge in [0.2, 0.25) is 17.7 Å². The number of fused-ring (bicyclic) bond motifs is 1. The van der Waals surface area contributed by atoms with E-state index in [4.69, 9.17) is 10.3 Å². The summed E-state index contributed by atoms with van der Waals surface area (Å²) in [7, 11) is 0. The first-order valence-electron chi connectivity index (χ1n) is 8.67. The number of anilines is 1. The van der Waals surface area contributed by atoms with Crippen LogP contribution in [-0.2, 0) is 19.1 Å². The first-order valence-corrected chi connectivity index (χ1v) is 8.67. The van der Waals surface area contributed by atoms with Crippen molar-refractivity contribution >= 4 is 35.2 Å². The predicted molar refractivity (Wildman–Crippen MR) is 96.6 cm³/mol. The third-order valence-corrected chi connectivity index (χ3v) is 4.37. The second-order valence-electron chi connectivity index (χ2n) is 6.23. The third kappa shape index (κ3) is 4.08. The fraction of sp³-hybridized carbons (Fsp3) is 0.353. The Morgan fingerprint density at radius 1 is 1.31 bits per heavy atom. The van der Waals surface area contributed by atoms with E-state index in [-0.39, 0.29) is 49.4 Å². The highest BCUT2D eigenvalue weighted by Gasteiger charge is 2.45. The fourth-order valence-corrected chi connectivity index (χ4v) is 3.12. The number of nitrogens with one attached hydrogen (secondary N) is 2. The van der Waals surface area contributed by atoms with E-state index in [0.29, 0.717) is 0 Å². The lowest BCUT2D eigenvalue weighted by Crippen LogP contribution is -2.54. The molecule has 150 valence electrons. The fourth-order valence-electron chi connectivity index (χ4n) is 3.12. The molecule has 0 bridgehead atoms. The zero-order chi connectivity index (χ0) is 21.0. The van der Waals surface area contributed by atoms with Gasteiger partial charge >= 0.3 is 0 Å². The first kappa shape index (κ1) is 20.0. The second-order valence-corrected chi connectivity index (χ2v) is 6.23. The lowest BCUT2D eigenvalue weighted by atomic mass is 10.0. The van der Waals surface area contributed by atoms with Crippen LogP contribution in [0.1, 0.15) is 33.6 Å². The predicted octanol–water partition coefficient (Wildman–Crippen LogP) is 0.353. The standard InChI is InChI=1S/C17H16N6O6/c18-22-19-6-7-29-8-13(25)20-10-3-1-2-9-14(10)17(28)23(16(9)27)11-4-5-12(24)21-15(11)26/h1-3,11H,4-8H2,(H,20,25)(H,21,24,26). The van der Waals surface area contributed by atoms with Gasteiger partial charge in [0.1, 0.15) is 12.6 Å². The number of hydrogen-bond acceptors (Lipinski definition) is 7. The summed E-state index contributed by atoms with van der Waals surface area (Å²) in [5.74, 6) is -3.13. The van der Waals surface area contributed by atoms with Gasteiger partial charge in [-0.25, -0.2) is 0 Å². The van der Waals surface area contributed by atoms with Crippen LogP contribution in [0.15, 0.2) is 23.3 Å². The van der Waals surface area contributed by atoms with E-state index in [9.17, 15) is 24.0 Å². The Kier molecular flexibility index (Phi) is 5.86. The molecule has 2 aliphatic rings. The van der Waals surface area contributed by atoms with Gasteiger partial charge in [0.25, 0.3) is 11.8 Å².